The Hall–Kier alpha value is -3.26. The second kappa shape index (κ2) is 6.93. The van der Waals surface area contributed by atoms with Crippen molar-refractivity contribution >= 4 is 16.9 Å². The molecule has 2 aliphatic rings. The van der Waals surface area contributed by atoms with Crippen molar-refractivity contribution in [3.05, 3.63) is 115 Å². The van der Waals surface area contributed by atoms with Gasteiger partial charge >= 0.3 is 0 Å². The normalized spacial score (nSPS) is 18.2. The number of hydrogen-bond donors (Lipinski definition) is 1. The molecule has 0 radical (unpaired) electrons. The van der Waals surface area contributed by atoms with Crippen LogP contribution in [0.1, 0.15) is 23.5 Å². The summed E-state index contributed by atoms with van der Waals surface area (Å²) >= 11 is 0. The number of nitrogens with two attached hydrogens (primary N) is 1. The molecule has 2 aromatic rings. The molecule has 26 heavy (non-hydrogen) atoms. The zero-order valence-electron chi connectivity index (χ0n) is 14.7. The van der Waals surface area contributed by atoms with Gasteiger partial charge in [-0.25, -0.2) is 0 Å². The Kier molecular flexibility index (Phi) is 4.32. The van der Waals surface area contributed by atoms with Crippen LogP contribution >= 0.6 is 0 Å². The summed E-state index contributed by atoms with van der Waals surface area (Å²) in [7, 11) is 0. The van der Waals surface area contributed by atoms with Crippen molar-refractivity contribution in [2.24, 2.45) is 5.73 Å². The summed E-state index contributed by atoms with van der Waals surface area (Å²) in [5.41, 5.74) is 12.8. The lowest BCUT2D eigenvalue weighted by molar-refractivity contribution is 0.817. The smallest absolute Gasteiger partial charge is 0.0503 e. The lowest BCUT2D eigenvalue weighted by Crippen LogP contribution is -2.14. The number of hydrogen-bond acceptors (Lipinski definition) is 2. The van der Waals surface area contributed by atoms with E-state index in [2.05, 4.69) is 78.2 Å². The molecule has 1 heterocycles. The van der Waals surface area contributed by atoms with Crippen LogP contribution in [0, 0.1) is 0 Å². The monoisotopic (exact) mass is 338 g/mol. The van der Waals surface area contributed by atoms with Gasteiger partial charge in [0.1, 0.15) is 0 Å². The van der Waals surface area contributed by atoms with Gasteiger partial charge in [-0.15, -0.1) is 0 Å². The maximum absolute atomic E-state index is 5.43. The second-order valence-electron chi connectivity index (χ2n) is 6.49. The van der Waals surface area contributed by atoms with E-state index in [4.69, 9.17) is 5.73 Å². The molecular weight excluding hydrogens is 316 g/mol. The lowest BCUT2D eigenvalue weighted by Gasteiger charge is -2.24. The highest BCUT2D eigenvalue weighted by Gasteiger charge is 2.36. The van der Waals surface area contributed by atoms with Gasteiger partial charge in [0, 0.05) is 17.3 Å². The molecule has 0 fully saturated rings. The molecule has 1 aliphatic carbocycles. The van der Waals surface area contributed by atoms with Crippen LogP contribution in [0.4, 0.5) is 11.4 Å². The summed E-state index contributed by atoms with van der Waals surface area (Å²) in [5, 5.41) is 0. The average Bonchev–Trinajstić information content (AvgIpc) is 3.03. The number of allylic oxidation sites excluding steroid dienone is 8. The first-order valence-corrected chi connectivity index (χ1v) is 8.90. The standard InChI is InChI=1S/C24H22N2/c1-18(10-7-8-17-25)20-14-9-16-23-24(20)21-13-5-6-15-22(21)26(23)19-11-3-2-4-12-19/h2-12,14-17,21H,1,13,25H2/b10-7-,17-8-. The van der Waals surface area contributed by atoms with Crippen molar-refractivity contribution < 1.29 is 0 Å². The number of nitrogens with zero attached hydrogens (tertiary/aromatic N) is 1. The van der Waals surface area contributed by atoms with Gasteiger partial charge in [-0.05, 0) is 59.7 Å². The van der Waals surface area contributed by atoms with Crippen LogP contribution in [0.5, 0.6) is 0 Å². The van der Waals surface area contributed by atoms with E-state index >= 15 is 0 Å². The molecule has 1 aliphatic heterocycles. The minimum Gasteiger partial charge on any atom is -0.405 e. The third-order valence-corrected chi connectivity index (χ3v) is 4.94. The molecule has 1 atom stereocenters. The predicted octanol–water partition coefficient (Wildman–Crippen LogP) is 5.81. The van der Waals surface area contributed by atoms with E-state index in [1.54, 1.807) is 0 Å². The number of para-hydroxylation sites is 1. The molecule has 2 aromatic carbocycles. The topological polar surface area (TPSA) is 29.3 Å². The van der Waals surface area contributed by atoms with Gasteiger partial charge < -0.3 is 10.6 Å². The van der Waals surface area contributed by atoms with Crippen LogP contribution in [0.25, 0.3) is 5.57 Å². The number of rotatable bonds is 4. The van der Waals surface area contributed by atoms with E-state index in [1.807, 2.05) is 18.2 Å². The first-order chi connectivity index (χ1) is 12.8. The number of anilines is 2. The Labute approximate surface area is 155 Å². The fourth-order valence-corrected chi connectivity index (χ4v) is 3.84. The molecule has 1 unspecified atom stereocenters. The molecule has 2 N–H and O–H groups in total. The van der Waals surface area contributed by atoms with Crippen LogP contribution in [0.15, 0.2) is 103 Å². The van der Waals surface area contributed by atoms with E-state index in [0.29, 0.717) is 5.92 Å². The quantitative estimate of drug-likeness (QED) is 0.713. The Morgan fingerprint density at radius 3 is 2.73 bits per heavy atom. The zero-order valence-corrected chi connectivity index (χ0v) is 14.7. The molecule has 0 aromatic heterocycles. The SMILES string of the molecule is C=C(/C=C\C=C/N)c1cccc2c1C1CC=CC=C1N2c1ccccc1. The predicted molar refractivity (Wildman–Crippen MR) is 111 cm³/mol. The molecule has 4 rings (SSSR count). The number of fused-ring (bicyclic) bond motifs is 3. The molecule has 0 bridgehead atoms. The summed E-state index contributed by atoms with van der Waals surface area (Å²) in [6.07, 6.45) is 15.0. The van der Waals surface area contributed by atoms with Crippen LogP contribution in [0.3, 0.4) is 0 Å². The third-order valence-electron chi connectivity index (χ3n) is 4.94. The molecule has 2 nitrogen and oxygen atoms in total. The lowest BCUT2D eigenvalue weighted by atomic mass is 9.87. The molecule has 0 saturated heterocycles. The molecular formula is C24H22N2. The van der Waals surface area contributed by atoms with Gasteiger partial charge in [0.2, 0.25) is 0 Å². The van der Waals surface area contributed by atoms with Gasteiger partial charge in [0.15, 0.2) is 0 Å². The fourth-order valence-electron chi connectivity index (χ4n) is 3.84. The Morgan fingerprint density at radius 2 is 1.92 bits per heavy atom. The minimum atomic E-state index is 0.363. The maximum atomic E-state index is 5.43. The van der Waals surface area contributed by atoms with Gasteiger partial charge in [-0.1, -0.05) is 61.2 Å². The van der Waals surface area contributed by atoms with E-state index in [1.165, 1.54) is 34.4 Å². The van der Waals surface area contributed by atoms with Crippen LogP contribution in [-0.2, 0) is 0 Å². The Morgan fingerprint density at radius 1 is 1.08 bits per heavy atom. The van der Waals surface area contributed by atoms with Gasteiger partial charge in [-0.2, -0.15) is 0 Å². The average molecular weight is 338 g/mol. The summed E-state index contributed by atoms with van der Waals surface area (Å²) in [5.74, 6) is 0.363. The molecule has 0 amide bonds. The Bertz CT molecular complexity index is 945. The van der Waals surface area contributed by atoms with Crippen molar-refractivity contribution in [3.8, 4) is 0 Å². The summed E-state index contributed by atoms with van der Waals surface area (Å²) in [4.78, 5) is 2.38. The summed E-state index contributed by atoms with van der Waals surface area (Å²) in [6.45, 7) is 4.29. The van der Waals surface area contributed by atoms with Crippen LogP contribution < -0.4 is 10.6 Å². The highest BCUT2D eigenvalue weighted by atomic mass is 15.2. The van der Waals surface area contributed by atoms with E-state index in [-0.39, 0.29) is 0 Å². The third kappa shape index (κ3) is 2.70. The zero-order chi connectivity index (χ0) is 17.9. The van der Waals surface area contributed by atoms with Crippen LogP contribution in [-0.4, -0.2) is 0 Å². The molecule has 0 saturated carbocycles. The molecule has 0 spiro atoms. The minimum absolute atomic E-state index is 0.363. The van der Waals surface area contributed by atoms with Gasteiger partial charge in [0.05, 0.1) is 5.69 Å². The van der Waals surface area contributed by atoms with Crippen molar-refractivity contribution in [1.82, 2.24) is 0 Å². The molecule has 128 valence electrons. The van der Waals surface area contributed by atoms with E-state index in [0.717, 1.165) is 12.0 Å². The van der Waals surface area contributed by atoms with E-state index in [9.17, 15) is 0 Å². The maximum Gasteiger partial charge on any atom is 0.0503 e. The van der Waals surface area contributed by atoms with Crippen LogP contribution in [0.2, 0.25) is 0 Å². The largest absolute Gasteiger partial charge is 0.405 e. The highest BCUT2D eigenvalue weighted by molar-refractivity contribution is 5.86. The number of benzene rings is 2. The molecule has 2 heteroatoms. The first-order valence-electron chi connectivity index (χ1n) is 8.90. The van der Waals surface area contributed by atoms with Gasteiger partial charge in [-0.3, -0.25) is 0 Å². The van der Waals surface area contributed by atoms with Crippen molar-refractivity contribution in [2.75, 3.05) is 4.90 Å². The fraction of sp³-hybridized carbons (Fsp3) is 0.0833. The first kappa shape index (κ1) is 16.2. The summed E-state index contributed by atoms with van der Waals surface area (Å²) in [6, 6.07) is 17.1. The van der Waals surface area contributed by atoms with E-state index < -0.39 is 0 Å². The highest BCUT2D eigenvalue weighted by Crippen LogP contribution is 2.52. The van der Waals surface area contributed by atoms with Crippen molar-refractivity contribution in [1.29, 1.82) is 0 Å². The summed E-state index contributed by atoms with van der Waals surface area (Å²) < 4.78 is 0. The van der Waals surface area contributed by atoms with Gasteiger partial charge in [0.25, 0.3) is 0 Å². The van der Waals surface area contributed by atoms with Crippen molar-refractivity contribution in [2.45, 2.75) is 12.3 Å². The second-order valence-corrected chi connectivity index (χ2v) is 6.49. The van der Waals surface area contributed by atoms with Crippen molar-refractivity contribution in [3.63, 3.8) is 0 Å². The Balaban J connectivity index is 1.86.